The topological polar surface area (TPSA) is 29.9 Å². The molecule has 3 aromatic carbocycles. The van der Waals surface area contributed by atoms with Gasteiger partial charge in [-0.3, -0.25) is 0 Å². The molecule has 0 radical (unpaired) electrons. The molecule has 4 aromatic rings. The minimum atomic E-state index is 0.191. The van der Waals surface area contributed by atoms with E-state index in [0.717, 1.165) is 17.2 Å². The van der Waals surface area contributed by atoms with Crippen LogP contribution in [-0.4, -0.2) is 9.55 Å². The van der Waals surface area contributed by atoms with Gasteiger partial charge in [0.1, 0.15) is 0 Å². The second-order valence-corrected chi connectivity index (χ2v) is 6.75. The molecule has 27 heavy (non-hydrogen) atoms. The molecular formula is C24H23N3. The van der Waals surface area contributed by atoms with Crippen molar-refractivity contribution in [3.8, 4) is 22.4 Å². The largest absolute Gasteiger partial charge is 0.349 e. The van der Waals surface area contributed by atoms with Gasteiger partial charge in [0.05, 0.1) is 17.9 Å². The zero-order valence-corrected chi connectivity index (χ0v) is 15.6. The standard InChI is InChI=1S/C24H23N3/c1-18(19-10-5-3-6-11-19)26-24-25-17-23(27(24)2)22-15-9-14-21(16-22)20-12-7-4-8-13-20/h3-18H,1-2H3,(H,25,26). The average Bonchev–Trinajstić information content (AvgIpc) is 3.09. The molecule has 134 valence electrons. The number of imidazole rings is 1. The Hall–Kier alpha value is -3.33. The van der Waals surface area contributed by atoms with Crippen molar-refractivity contribution in [2.75, 3.05) is 5.32 Å². The summed E-state index contributed by atoms with van der Waals surface area (Å²) in [6.07, 6.45) is 1.93. The van der Waals surface area contributed by atoms with Crippen molar-refractivity contribution in [1.29, 1.82) is 0 Å². The van der Waals surface area contributed by atoms with E-state index in [-0.39, 0.29) is 6.04 Å². The lowest BCUT2D eigenvalue weighted by Gasteiger charge is -2.15. The maximum atomic E-state index is 4.61. The number of anilines is 1. The Bertz CT molecular complexity index is 1020. The van der Waals surface area contributed by atoms with Crippen LogP contribution in [0.5, 0.6) is 0 Å². The first-order chi connectivity index (χ1) is 13.2. The van der Waals surface area contributed by atoms with E-state index in [4.69, 9.17) is 0 Å². The summed E-state index contributed by atoms with van der Waals surface area (Å²) in [6.45, 7) is 2.15. The Kier molecular flexibility index (Phi) is 4.75. The van der Waals surface area contributed by atoms with Crippen molar-refractivity contribution >= 4 is 5.95 Å². The first-order valence-corrected chi connectivity index (χ1v) is 9.21. The van der Waals surface area contributed by atoms with E-state index < -0.39 is 0 Å². The molecule has 4 rings (SSSR count). The Morgan fingerprint density at radius 1 is 0.778 bits per heavy atom. The highest BCUT2D eigenvalue weighted by Crippen LogP contribution is 2.28. The quantitative estimate of drug-likeness (QED) is 0.482. The molecule has 1 atom stereocenters. The summed E-state index contributed by atoms with van der Waals surface area (Å²) in [5.74, 6) is 0.867. The predicted molar refractivity (Wildman–Crippen MR) is 113 cm³/mol. The van der Waals surface area contributed by atoms with Gasteiger partial charge in [0.15, 0.2) is 0 Å². The lowest BCUT2D eigenvalue weighted by Crippen LogP contribution is -2.10. The van der Waals surface area contributed by atoms with Crippen LogP contribution >= 0.6 is 0 Å². The monoisotopic (exact) mass is 353 g/mol. The Morgan fingerprint density at radius 2 is 1.41 bits per heavy atom. The third kappa shape index (κ3) is 3.63. The molecule has 0 spiro atoms. The van der Waals surface area contributed by atoms with Crippen LogP contribution in [0.1, 0.15) is 18.5 Å². The first-order valence-electron chi connectivity index (χ1n) is 9.21. The van der Waals surface area contributed by atoms with Gasteiger partial charge in [-0.2, -0.15) is 0 Å². The highest BCUT2D eigenvalue weighted by molar-refractivity contribution is 5.72. The van der Waals surface area contributed by atoms with Gasteiger partial charge in [0, 0.05) is 12.6 Å². The summed E-state index contributed by atoms with van der Waals surface area (Å²) >= 11 is 0. The predicted octanol–water partition coefficient (Wildman–Crippen LogP) is 5.93. The van der Waals surface area contributed by atoms with E-state index in [1.54, 1.807) is 0 Å². The second-order valence-electron chi connectivity index (χ2n) is 6.75. The fourth-order valence-electron chi connectivity index (χ4n) is 3.32. The van der Waals surface area contributed by atoms with Crippen molar-refractivity contribution in [2.24, 2.45) is 7.05 Å². The molecule has 0 fully saturated rings. The molecule has 3 nitrogen and oxygen atoms in total. The number of benzene rings is 3. The van der Waals surface area contributed by atoms with Crippen LogP contribution in [0.4, 0.5) is 5.95 Å². The molecule has 3 heteroatoms. The molecule has 0 aliphatic carbocycles. The Labute approximate surface area is 160 Å². The third-order valence-electron chi connectivity index (χ3n) is 4.90. The van der Waals surface area contributed by atoms with Crippen molar-refractivity contribution in [2.45, 2.75) is 13.0 Å². The van der Waals surface area contributed by atoms with Crippen LogP contribution in [0.3, 0.4) is 0 Å². The SMILES string of the molecule is CC(Nc1ncc(-c2cccc(-c3ccccc3)c2)n1C)c1ccccc1. The lowest BCUT2D eigenvalue weighted by molar-refractivity contribution is 0.826. The fraction of sp³-hybridized carbons (Fsp3) is 0.125. The van der Waals surface area contributed by atoms with Crippen LogP contribution in [0.25, 0.3) is 22.4 Å². The van der Waals surface area contributed by atoms with E-state index >= 15 is 0 Å². The van der Waals surface area contributed by atoms with Crippen molar-refractivity contribution in [3.05, 3.63) is 96.7 Å². The summed E-state index contributed by atoms with van der Waals surface area (Å²) in [4.78, 5) is 4.61. The Balaban J connectivity index is 1.61. The normalized spacial score (nSPS) is 11.9. The minimum Gasteiger partial charge on any atom is -0.349 e. The number of hydrogen-bond donors (Lipinski definition) is 1. The maximum absolute atomic E-state index is 4.61. The Morgan fingerprint density at radius 3 is 2.15 bits per heavy atom. The van der Waals surface area contributed by atoms with Crippen LogP contribution < -0.4 is 5.32 Å². The minimum absolute atomic E-state index is 0.191. The van der Waals surface area contributed by atoms with Crippen molar-refractivity contribution in [3.63, 3.8) is 0 Å². The van der Waals surface area contributed by atoms with Gasteiger partial charge in [-0.25, -0.2) is 4.98 Å². The summed E-state index contributed by atoms with van der Waals surface area (Å²) in [7, 11) is 2.05. The van der Waals surface area contributed by atoms with Crippen LogP contribution in [0.15, 0.2) is 91.1 Å². The zero-order chi connectivity index (χ0) is 18.6. The molecule has 0 aliphatic heterocycles. The summed E-state index contributed by atoms with van der Waals surface area (Å²) in [5, 5.41) is 3.51. The van der Waals surface area contributed by atoms with E-state index in [9.17, 15) is 0 Å². The number of nitrogens with zero attached hydrogens (tertiary/aromatic N) is 2. The fourth-order valence-corrected chi connectivity index (χ4v) is 3.32. The first kappa shape index (κ1) is 17.1. The summed E-state index contributed by atoms with van der Waals surface area (Å²) < 4.78 is 2.11. The van der Waals surface area contributed by atoms with Crippen molar-refractivity contribution in [1.82, 2.24) is 9.55 Å². The number of aromatic nitrogens is 2. The van der Waals surface area contributed by atoms with Crippen molar-refractivity contribution < 1.29 is 0 Å². The molecule has 1 unspecified atom stereocenters. The number of rotatable bonds is 5. The molecule has 1 aromatic heterocycles. The van der Waals surface area contributed by atoms with E-state index in [2.05, 4.69) is 102 Å². The van der Waals surface area contributed by atoms with Gasteiger partial charge in [-0.15, -0.1) is 0 Å². The average molecular weight is 353 g/mol. The molecule has 0 amide bonds. The van der Waals surface area contributed by atoms with Gasteiger partial charge < -0.3 is 9.88 Å². The highest BCUT2D eigenvalue weighted by Gasteiger charge is 2.12. The zero-order valence-electron chi connectivity index (χ0n) is 15.6. The van der Waals surface area contributed by atoms with E-state index in [1.807, 2.05) is 18.3 Å². The lowest BCUT2D eigenvalue weighted by atomic mass is 10.0. The van der Waals surface area contributed by atoms with E-state index in [1.165, 1.54) is 16.7 Å². The molecule has 0 bridgehead atoms. The van der Waals surface area contributed by atoms with Crippen LogP contribution in [0, 0.1) is 0 Å². The third-order valence-corrected chi connectivity index (χ3v) is 4.90. The molecule has 0 saturated heterocycles. The van der Waals surface area contributed by atoms with Gasteiger partial charge in [0.2, 0.25) is 5.95 Å². The summed E-state index contributed by atoms with van der Waals surface area (Å²) in [6, 6.07) is 29.7. The molecule has 1 N–H and O–H groups in total. The second kappa shape index (κ2) is 7.50. The molecule has 0 aliphatic rings. The smallest absolute Gasteiger partial charge is 0.203 e. The van der Waals surface area contributed by atoms with Gasteiger partial charge in [0.25, 0.3) is 0 Å². The highest BCUT2D eigenvalue weighted by atomic mass is 15.2. The van der Waals surface area contributed by atoms with Crippen LogP contribution in [0.2, 0.25) is 0 Å². The van der Waals surface area contributed by atoms with Gasteiger partial charge >= 0.3 is 0 Å². The molecule has 0 saturated carbocycles. The number of nitrogens with one attached hydrogen (secondary N) is 1. The summed E-state index contributed by atoms with van der Waals surface area (Å²) in [5.41, 5.74) is 5.93. The number of hydrogen-bond acceptors (Lipinski definition) is 2. The van der Waals surface area contributed by atoms with Gasteiger partial charge in [-0.1, -0.05) is 78.9 Å². The molecular weight excluding hydrogens is 330 g/mol. The van der Waals surface area contributed by atoms with E-state index in [0.29, 0.717) is 0 Å². The maximum Gasteiger partial charge on any atom is 0.203 e. The van der Waals surface area contributed by atoms with Gasteiger partial charge in [-0.05, 0) is 29.7 Å². The molecule has 1 heterocycles. The van der Waals surface area contributed by atoms with Crippen LogP contribution in [-0.2, 0) is 7.05 Å².